The van der Waals surface area contributed by atoms with Crippen molar-refractivity contribution in [3.8, 4) is 12.3 Å². The van der Waals surface area contributed by atoms with E-state index < -0.39 is 7.37 Å². The van der Waals surface area contributed by atoms with Gasteiger partial charge in [-0.2, -0.15) is 0 Å². The second-order valence-corrected chi connectivity index (χ2v) is 5.21. The molecule has 0 unspecified atom stereocenters. The lowest BCUT2D eigenvalue weighted by Crippen LogP contribution is -1.80. The Morgan fingerprint density at radius 3 is 2.55 bits per heavy atom. The van der Waals surface area contributed by atoms with E-state index in [9.17, 15) is 4.57 Å². The van der Waals surface area contributed by atoms with Gasteiger partial charge in [-0.1, -0.05) is 12.8 Å². The summed E-state index contributed by atoms with van der Waals surface area (Å²) in [6.45, 7) is 5.02. The van der Waals surface area contributed by atoms with Crippen molar-refractivity contribution in [1.29, 1.82) is 0 Å². The minimum Gasteiger partial charge on any atom is -0.450 e. The lowest BCUT2D eigenvalue weighted by atomic mass is 10.2. The van der Waals surface area contributed by atoms with Crippen LogP contribution in [0.25, 0.3) is 0 Å². The zero-order chi connectivity index (χ0) is 8.91. The van der Waals surface area contributed by atoms with Gasteiger partial charge in [0.25, 0.3) is 0 Å². The van der Waals surface area contributed by atoms with Gasteiger partial charge in [-0.3, -0.25) is 4.57 Å². The summed E-state index contributed by atoms with van der Waals surface area (Å²) < 4.78 is 15.9. The monoisotopic (exact) mass is 172 g/mol. The quantitative estimate of drug-likeness (QED) is 0.371. The molecule has 0 rings (SSSR count). The third-order valence-electron chi connectivity index (χ3n) is 1.02. The molecule has 2 nitrogen and oxygen atoms in total. The molecule has 0 atom stereocenters. The van der Waals surface area contributed by atoms with Gasteiger partial charge in [-0.25, -0.2) is 0 Å². The average molecular weight is 172 g/mol. The average Bonchev–Trinajstić information content (AvgIpc) is 1.88. The van der Waals surface area contributed by atoms with Gasteiger partial charge in [-0.15, -0.1) is 6.42 Å². The molecule has 0 aromatic carbocycles. The zero-order valence-corrected chi connectivity index (χ0v) is 8.02. The van der Waals surface area contributed by atoms with E-state index in [1.807, 2.05) is 6.92 Å². The Morgan fingerprint density at radius 1 is 1.73 bits per heavy atom. The van der Waals surface area contributed by atoms with Crippen LogP contribution in [0.5, 0.6) is 0 Å². The first-order chi connectivity index (χ1) is 4.99. The van der Waals surface area contributed by atoms with E-state index >= 15 is 0 Å². The minimum absolute atomic E-state index is 0.730. The summed E-state index contributed by atoms with van der Waals surface area (Å²) in [5.74, 6) is 2.44. The maximum atomic E-state index is 11.0. The second-order valence-electron chi connectivity index (χ2n) is 2.50. The molecule has 0 aliphatic rings. The molecule has 0 aliphatic heterocycles. The van der Waals surface area contributed by atoms with Crippen molar-refractivity contribution in [2.24, 2.45) is 0 Å². The Balaban J connectivity index is 4.14. The first kappa shape index (κ1) is 10.3. The van der Waals surface area contributed by atoms with Gasteiger partial charge < -0.3 is 4.52 Å². The largest absolute Gasteiger partial charge is 0.450 e. The van der Waals surface area contributed by atoms with Gasteiger partial charge in [0.1, 0.15) is 6.26 Å². The van der Waals surface area contributed by atoms with Crippen LogP contribution in [0.15, 0.2) is 11.8 Å². The van der Waals surface area contributed by atoms with Crippen LogP contribution < -0.4 is 0 Å². The van der Waals surface area contributed by atoms with E-state index in [1.165, 1.54) is 6.26 Å². The maximum Gasteiger partial charge on any atom is 0.241 e. The first-order valence-corrected chi connectivity index (χ1v) is 5.90. The van der Waals surface area contributed by atoms with Gasteiger partial charge in [-0.05, 0) is 6.42 Å². The molecule has 0 radical (unpaired) electrons. The van der Waals surface area contributed by atoms with Crippen molar-refractivity contribution in [1.82, 2.24) is 0 Å². The minimum atomic E-state index is -2.42. The van der Waals surface area contributed by atoms with Crippen LogP contribution in [0, 0.1) is 12.3 Å². The number of hydrogen-bond donors (Lipinski definition) is 0. The van der Waals surface area contributed by atoms with E-state index in [2.05, 4.69) is 5.92 Å². The fourth-order valence-corrected chi connectivity index (χ4v) is 0.791. The van der Waals surface area contributed by atoms with Gasteiger partial charge >= 0.3 is 0 Å². The highest BCUT2D eigenvalue weighted by molar-refractivity contribution is 7.57. The standard InChI is InChI=1S/C8H13O2P/c1-5-8(6-2)7-10-11(3,4)9/h1,7H,6H2,2-4H3/b8-7-. The summed E-state index contributed by atoms with van der Waals surface area (Å²) in [4.78, 5) is 0. The summed E-state index contributed by atoms with van der Waals surface area (Å²) in [5.41, 5.74) is 0.730. The molecular weight excluding hydrogens is 159 g/mol. The molecule has 3 heteroatoms. The van der Waals surface area contributed by atoms with E-state index in [0.29, 0.717) is 0 Å². The molecule has 62 valence electrons. The van der Waals surface area contributed by atoms with Crippen LogP contribution in [0.3, 0.4) is 0 Å². The normalized spacial score (nSPS) is 12.4. The van der Waals surface area contributed by atoms with Crippen molar-refractivity contribution in [2.45, 2.75) is 13.3 Å². The Morgan fingerprint density at radius 2 is 2.27 bits per heavy atom. The second kappa shape index (κ2) is 4.26. The molecule has 0 aromatic rings. The maximum absolute atomic E-state index is 11.0. The van der Waals surface area contributed by atoms with E-state index in [1.54, 1.807) is 13.3 Å². The predicted molar refractivity (Wildman–Crippen MR) is 47.7 cm³/mol. The van der Waals surface area contributed by atoms with Gasteiger partial charge in [0.2, 0.25) is 7.37 Å². The first-order valence-electron chi connectivity index (χ1n) is 3.38. The third-order valence-corrected chi connectivity index (χ3v) is 1.63. The van der Waals surface area contributed by atoms with Crippen molar-refractivity contribution in [3.63, 3.8) is 0 Å². The number of hydrogen-bond acceptors (Lipinski definition) is 2. The molecule has 0 heterocycles. The topological polar surface area (TPSA) is 26.3 Å². The van der Waals surface area contributed by atoms with Gasteiger partial charge in [0, 0.05) is 18.9 Å². The summed E-state index contributed by atoms with van der Waals surface area (Å²) in [6.07, 6.45) is 7.26. The Kier molecular flexibility index (Phi) is 4.00. The highest BCUT2D eigenvalue weighted by atomic mass is 31.2. The van der Waals surface area contributed by atoms with Gasteiger partial charge in [0.05, 0.1) is 0 Å². The summed E-state index contributed by atoms with van der Waals surface area (Å²) in [5, 5.41) is 0. The van der Waals surface area contributed by atoms with Crippen molar-refractivity contribution in [3.05, 3.63) is 11.8 Å². The Hall–Kier alpha value is -0.670. The van der Waals surface area contributed by atoms with Crippen molar-refractivity contribution in [2.75, 3.05) is 13.3 Å². The third kappa shape index (κ3) is 5.76. The highest BCUT2D eigenvalue weighted by Gasteiger charge is 2.04. The Bertz CT molecular complexity index is 229. The molecule has 0 spiro atoms. The van der Waals surface area contributed by atoms with Crippen LogP contribution in [0.1, 0.15) is 13.3 Å². The van der Waals surface area contributed by atoms with Crippen LogP contribution in [0.4, 0.5) is 0 Å². The van der Waals surface area contributed by atoms with Crippen LogP contribution in [-0.4, -0.2) is 13.3 Å². The molecule has 0 amide bonds. The number of terminal acetylenes is 1. The summed E-state index contributed by atoms with van der Waals surface area (Å²) in [6, 6.07) is 0. The molecule has 11 heavy (non-hydrogen) atoms. The molecular formula is C8H13O2P. The van der Waals surface area contributed by atoms with Crippen LogP contribution >= 0.6 is 7.37 Å². The molecule has 0 bridgehead atoms. The van der Waals surface area contributed by atoms with Crippen molar-refractivity contribution >= 4 is 7.37 Å². The lowest BCUT2D eigenvalue weighted by molar-refractivity contribution is 0.448. The number of allylic oxidation sites excluding steroid dienone is 1. The Labute approximate surface area is 68.1 Å². The summed E-state index contributed by atoms with van der Waals surface area (Å²) in [7, 11) is -2.42. The molecule has 0 N–H and O–H groups in total. The summed E-state index contributed by atoms with van der Waals surface area (Å²) >= 11 is 0. The fraction of sp³-hybridized carbons (Fsp3) is 0.500. The zero-order valence-electron chi connectivity index (χ0n) is 7.13. The molecule has 0 fully saturated rings. The number of rotatable bonds is 3. The van der Waals surface area contributed by atoms with E-state index in [-0.39, 0.29) is 0 Å². The predicted octanol–water partition coefficient (Wildman–Crippen LogP) is 2.47. The molecule has 0 saturated heterocycles. The molecule has 0 aliphatic carbocycles. The lowest BCUT2D eigenvalue weighted by Gasteiger charge is -2.05. The molecule has 0 saturated carbocycles. The van der Waals surface area contributed by atoms with Crippen molar-refractivity contribution < 1.29 is 9.09 Å². The fourth-order valence-electron chi connectivity index (χ4n) is 0.410. The smallest absolute Gasteiger partial charge is 0.241 e. The van der Waals surface area contributed by atoms with E-state index in [0.717, 1.165) is 12.0 Å². The van der Waals surface area contributed by atoms with E-state index in [4.69, 9.17) is 10.9 Å². The molecule has 0 aromatic heterocycles. The van der Waals surface area contributed by atoms with Crippen LogP contribution in [-0.2, 0) is 9.09 Å². The van der Waals surface area contributed by atoms with Gasteiger partial charge in [0.15, 0.2) is 0 Å². The SMILES string of the molecule is C#C/C(=C/OP(C)(C)=O)CC. The highest BCUT2D eigenvalue weighted by Crippen LogP contribution is 2.37. The van der Waals surface area contributed by atoms with Crippen LogP contribution in [0.2, 0.25) is 0 Å².